The number of fused-ring (bicyclic) bond motifs is 1. The quantitative estimate of drug-likeness (QED) is 0.775. The first-order valence-electron chi connectivity index (χ1n) is 5.93. The van der Waals surface area contributed by atoms with E-state index >= 15 is 0 Å². The van der Waals surface area contributed by atoms with E-state index in [9.17, 15) is 9.59 Å². The number of hydrogen-bond donors (Lipinski definition) is 1. The van der Waals surface area contributed by atoms with Gasteiger partial charge >= 0.3 is 5.69 Å². The van der Waals surface area contributed by atoms with Crippen LogP contribution in [0, 0.1) is 6.92 Å². The fraction of sp³-hybridized carbons (Fsp3) is 0.143. The second kappa shape index (κ2) is 4.51. The van der Waals surface area contributed by atoms with Gasteiger partial charge in [-0.05, 0) is 12.5 Å². The van der Waals surface area contributed by atoms with E-state index in [1.807, 2.05) is 30.3 Å². The van der Waals surface area contributed by atoms with Gasteiger partial charge in [0.15, 0.2) is 0 Å². The summed E-state index contributed by atoms with van der Waals surface area (Å²) in [5, 5.41) is 0. The Balaban J connectivity index is 2.13. The predicted octanol–water partition coefficient (Wildman–Crippen LogP) is 1.95. The lowest BCUT2D eigenvalue weighted by atomic mass is 10.1. The summed E-state index contributed by atoms with van der Waals surface area (Å²) >= 11 is 1.49. The van der Waals surface area contributed by atoms with Gasteiger partial charge in [0.2, 0.25) is 0 Å². The summed E-state index contributed by atoms with van der Waals surface area (Å²) in [6, 6.07) is 10.0. The average molecular weight is 272 g/mol. The zero-order chi connectivity index (χ0) is 13.4. The molecule has 1 aromatic carbocycles. The predicted molar refractivity (Wildman–Crippen MR) is 76.1 cm³/mol. The number of aryl methyl sites for hydroxylation is 1. The Bertz CT molecular complexity index is 843. The van der Waals surface area contributed by atoms with Gasteiger partial charge in [-0.25, -0.2) is 4.79 Å². The molecule has 4 nitrogen and oxygen atoms in total. The largest absolute Gasteiger partial charge is 0.333 e. The van der Waals surface area contributed by atoms with E-state index in [1.54, 1.807) is 13.1 Å². The van der Waals surface area contributed by atoms with Crippen LogP contribution in [0.4, 0.5) is 0 Å². The van der Waals surface area contributed by atoms with E-state index in [0.717, 1.165) is 16.1 Å². The van der Waals surface area contributed by atoms with Gasteiger partial charge in [-0.2, -0.15) is 0 Å². The molecule has 96 valence electrons. The average Bonchev–Trinajstić information content (AvgIpc) is 2.82. The highest BCUT2D eigenvalue weighted by Crippen LogP contribution is 2.20. The van der Waals surface area contributed by atoms with E-state index in [4.69, 9.17) is 0 Å². The zero-order valence-electron chi connectivity index (χ0n) is 10.3. The van der Waals surface area contributed by atoms with Crippen LogP contribution in [-0.4, -0.2) is 9.38 Å². The third-order valence-corrected chi connectivity index (χ3v) is 4.25. The van der Waals surface area contributed by atoms with Gasteiger partial charge in [0, 0.05) is 23.1 Å². The summed E-state index contributed by atoms with van der Waals surface area (Å²) in [4.78, 5) is 27.4. The van der Waals surface area contributed by atoms with Gasteiger partial charge in [-0.3, -0.25) is 14.2 Å². The highest BCUT2D eigenvalue weighted by molar-refractivity contribution is 7.17. The number of nitrogens with zero attached hydrogens (tertiary/aromatic N) is 1. The van der Waals surface area contributed by atoms with Gasteiger partial charge in [0.1, 0.15) is 4.83 Å². The summed E-state index contributed by atoms with van der Waals surface area (Å²) in [6.07, 6.45) is 2.57. The first-order valence-corrected chi connectivity index (χ1v) is 6.74. The highest BCUT2D eigenvalue weighted by atomic mass is 32.1. The Hall–Kier alpha value is -2.14. The Morgan fingerprint density at radius 3 is 2.68 bits per heavy atom. The molecule has 0 saturated carbocycles. The van der Waals surface area contributed by atoms with Crippen LogP contribution in [0.1, 0.15) is 16.0 Å². The summed E-state index contributed by atoms with van der Waals surface area (Å²) in [7, 11) is 0. The lowest BCUT2D eigenvalue weighted by Crippen LogP contribution is -2.26. The van der Waals surface area contributed by atoms with Crippen molar-refractivity contribution in [3.63, 3.8) is 0 Å². The monoisotopic (exact) mass is 272 g/mol. The van der Waals surface area contributed by atoms with Gasteiger partial charge in [-0.1, -0.05) is 30.3 Å². The molecule has 0 aliphatic carbocycles. The van der Waals surface area contributed by atoms with Gasteiger partial charge in [0.25, 0.3) is 5.56 Å². The minimum atomic E-state index is -0.374. The first-order chi connectivity index (χ1) is 9.15. The van der Waals surface area contributed by atoms with Gasteiger partial charge < -0.3 is 0 Å². The molecule has 2 heterocycles. The SMILES string of the molecule is Cc1c(=O)[nH]c(=O)n2cc(Cc3ccccc3)sc12. The topological polar surface area (TPSA) is 54.3 Å². The maximum absolute atomic E-state index is 11.7. The summed E-state index contributed by atoms with van der Waals surface area (Å²) < 4.78 is 1.51. The molecule has 2 aromatic heterocycles. The van der Waals surface area contributed by atoms with Crippen LogP contribution in [0.5, 0.6) is 0 Å². The van der Waals surface area contributed by atoms with E-state index in [-0.39, 0.29) is 11.2 Å². The second-order valence-electron chi connectivity index (χ2n) is 4.42. The van der Waals surface area contributed by atoms with E-state index < -0.39 is 0 Å². The molecule has 0 aliphatic heterocycles. The van der Waals surface area contributed by atoms with Crippen molar-refractivity contribution in [2.45, 2.75) is 13.3 Å². The molecule has 0 fully saturated rings. The van der Waals surface area contributed by atoms with Crippen molar-refractivity contribution in [1.82, 2.24) is 9.38 Å². The van der Waals surface area contributed by atoms with Crippen molar-refractivity contribution in [3.8, 4) is 0 Å². The van der Waals surface area contributed by atoms with Crippen molar-refractivity contribution in [1.29, 1.82) is 0 Å². The smallest absolute Gasteiger partial charge is 0.273 e. The number of rotatable bonds is 2. The molecule has 0 aliphatic rings. The van der Waals surface area contributed by atoms with E-state index in [2.05, 4.69) is 4.98 Å². The zero-order valence-corrected chi connectivity index (χ0v) is 11.2. The molecule has 0 radical (unpaired) electrons. The van der Waals surface area contributed by atoms with Gasteiger partial charge in [0.05, 0.1) is 0 Å². The molecule has 5 heteroatoms. The Labute approximate surface area is 113 Å². The minimum Gasteiger partial charge on any atom is -0.273 e. The van der Waals surface area contributed by atoms with Gasteiger partial charge in [-0.15, -0.1) is 11.3 Å². The molecule has 0 atom stereocenters. The molecule has 3 aromatic rings. The molecular weight excluding hydrogens is 260 g/mol. The van der Waals surface area contributed by atoms with Crippen molar-refractivity contribution >= 4 is 16.2 Å². The molecular formula is C14H12N2O2S. The number of thiazole rings is 1. The van der Waals surface area contributed by atoms with Crippen LogP contribution < -0.4 is 11.2 Å². The van der Waals surface area contributed by atoms with Crippen LogP contribution in [0.2, 0.25) is 0 Å². The van der Waals surface area contributed by atoms with Crippen LogP contribution >= 0.6 is 11.3 Å². The molecule has 19 heavy (non-hydrogen) atoms. The molecule has 0 amide bonds. The Morgan fingerprint density at radius 2 is 1.95 bits per heavy atom. The van der Waals surface area contributed by atoms with Crippen LogP contribution in [-0.2, 0) is 6.42 Å². The van der Waals surface area contributed by atoms with Crippen molar-refractivity contribution in [2.75, 3.05) is 0 Å². The van der Waals surface area contributed by atoms with E-state index in [0.29, 0.717) is 5.56 Å². The van der Waals surface area contributed by atoms with Crippen molar-refractivity contribution in [2.24, 2.45) is 0 Å². The Morgan fingerprint density at radius 1 is 1.21 bits per heavy atom. The molecule has 1 N–H and O–H groups in total. The lowest BCUT2D eigenvalue weighted by molar-refractivity contribution is 0.962. The summed E-state index contributed by atoms with van der Waals surface area (Å²) in [6.45, 7) is 1.73. The number of hydrogen-bond acceptors (Lipinski definition) is 3. The van der Waals surface area contributed by atoms with Crippen molar-refractivity contribution in [3.05, 3.63) is 73.4 Å². The summed E-state index contributed by atoms with van der Waals surface area (Å²) in [5.41, 5.74) is 1.09. The molecule has 0 unspecified atom stereocenters. The van der Waals surface area contributed by atoms with Crippen molar-refractivity contribution < 1.29 is 0 Å². The fourth-order valence-electron chi connectivity index (χ4n) is 2.04. The Kier molecular flexibility index (Phi) is 2.83. The molecule has 0 saturated heterocycles. The standard InChI is InChI=1S/C14H12N2O2S/c1-9-12(17)15-14(18)16-8-11(19-13(9)16)7-10-5-3-2-4-6-10/h2-6,8H,7H2,1H3,(H,15,17,18). The lowest BCUT2D eigenvalue weighted by Gasteiger charge is -1.95. The molecule has 0 bridgehead atoms. The van der Waals surface area contributed by atoms with Crippen LogP contribution in [0.3, 0.4) is 0 Å². The van der Waals surface area contributed by atoms with E-state index in [1.165, 1.54) is 21.3 Å². The second-order valence-corrected chi connectivity index (χ2v) is 5.53. The fourth-order valence-corrected chi connectivity index (χ4v) is 3.16. The minimum absolute atomic E-state index is 0.307. The van der Waals surface area contributed by atoms with Crippen LogP contribution in [0.25, 0.3) is 4.83 Å². The molecule has 3 rings (SSSR count). The third kappa shape index (κ3) is 2.13. The highest BCUT2D eigenvalue weighted by Gasteiger charge is 2.09. The number of benzene rings is 1. The maximum atomic E-state index is 11.7. The maximum Gasteiger partial charge on any atom is 0.333 e. The molecule has 0 spiro atoms. The number of aromatic amines is 1. The first kappa shape index (κ1) is 11.9. The normalized spacial score (nSPS) is 11.0. The summed E-state index contributed by atoms with van der Waals surface area (Å²) in [5.74, 6) is 0. The van der Waals surface area contributed by atoms with Crippen LogP contribution in [0.15, 0.2) is 46.1 Å². The number of nitrogens with one attached hydrogen (secondary N) is 1. The third-order valence-electron chi connectivity index (χ3n) is 3.04. The number of H-pyrrole nitrogens is 1. The number of aromatic nitrogens is 2.